The summed E-state index contributed by atoms with van der Waals surface area (Å²) >= 11 is 0. The van der Waals surface area contributed by atoms with Crippen LogP contribution in [0.4, 0.5) is 0 Å². The van der Waals surface area contributed by atoms with Crippen molar-refractivity contribution in [1.29, 1.82) is 0 Å². The Hall–Kier alpha value is -2.04. The first-order chi connectivity index (χ1) is 8.15. The third-order valence-corrected chi connectivity index (χ3v) is 2.71. The highest BCUT2D eigenvalue weighted by Gasteiger charge is 2.12. The summed E-state index contributed by atoms with van der Waals surface area (Å²) in [6.45, 7) is 0. The molecule has 0 atom stereocenters. The Balaban J connectivity index is 2.45. The van der Waals surface area contributed by atoms with Crippen molar-refractivity contribution < 1.29 is 14.3 Å². The average molecular weight is 234 g/mol. The number of imidazole rings is 1. The van der Waals surface area contributed by atoms with Crippen LogP contribution in [0.2, 0.25) is 0 Å². The number of benzene rings is 1. The largest absolute Gasteiger partial charge is 0.497 e. The maximum atomic E-state index is 11.2. The summed E-state index contributed by atoms with van der Waals surface area (Å²) in [5, 5.41) is 0. The second kappa shape index (κ2) is 4.45. The Morgan fingerprint density at radius 2 is 2.18 bits per heavy atom. The molecule has 0 radical (unpaired) electrons. The van der Waals surface area contributed by atoms with E-state index >= 15 is 0 Å². The molecule has 0 saturated heterocycles. The smallest absolute Gasteiger partial charge is 0.313 e. The maximum Gasteiger partial charge on any atom is 0.313 e. The van der Waals surface area contributed by atoms with Crippen molar-refractivity contribution in [2.75, 3.05) is 14.2 Å². The van der Waals surface area contributed by atoms with Crippen LogP contribution in [-0.2, 0) is 23.0 Å². The molecule has 5 nitrogen and oxygen atoms in total. The molecule has 2 aromatic rings. The fourth-order valence-corrected chi connectivity index (χ4v) is 1.72. The van der Waals surface area contributed by atoms with E-state index in [2.05, 4.69) is 9.72 Å². The lowest BCUT2D eigenvalue weighted by molar-refractivity contribution is -0.139. The lowest BCUT2D eigenvalue weighted by Gasteiger charge is -2.01. The van der Waals surface area contributed by atoms with E-state index in [1.807, 2.05) is 29.8 Å². The molecule has 0 spiro atoms. The number of esters is 1. The van der Waals surface area contributed by atoms with E-state index in [1.54, 1.807) is 7.11 Å². The van der Waals surface area contributed by atoms with E-state index in [9.17, 15) is 4.79 Å². The molecule has 1 aromatic carbocycles. The predicted octanol–water partition coefficient (Wildman–Crippen LogP) is 1.30. The molecule has 0 aliphatic heterocycles. The highest BCUT2D eigenvalue weighted by atomic mass is 16.5. The van der Waals surface area contributed by atoms with Gasteiger partial charge in [0.15, 0.2) is 0 Å². The Bertz CT molecular complexity index is 560. The number of hydrogen-bond acceptors (Lipinski definition) is 4. The molecule has 0 aliphatic rings. The normalized spacial score (nSPS) is 10.5. The minimum absolute atomic E-state index is 0.171. The lowest BCUT2D eigenvalue weighted by atomic mass is 10.3. The SMILES string of the molecule is COC(=O)Cc1nc2cc(OC)ccc2n1C. The molecular weight excluding hydrogens is 220 g/mol. The zero-order valence-corrected chi connectivity index (χ0v) is 10.1. The molecule has 0 amide bonds. The van der Waals surface area contributed by atoms with Crippen LogP contribution in [0.15, 0.2) is 18.2 Å². The summed E-state index contributed by atoms with van der Waals surface area (Å²) in [6.07, 6.45) is 0.171. The Morgan fingerprint density at radius 3 is 2.82 bits per heavy atom. The van der Waals surface area contributed by atoms with Crippen LogP contribution >= 0.6 is 0 Å². The number of aryl methyl sites for hydroxylation is 1. The monoisotopic (exact) mass is 234 g/mol. The van der Waals surface area contributed by atoms with Crippen LogP contribution < -0.4 is 4.74 Å². The van der Waals surface area contributed by atoms with Crippen molar-refractivity contribution in [3.8, 4) is 5.75 Å². The van der Waals surface area contributed by atoms with Gasteiger partial charge in [0, 0.05) is 13.1 Å². The van der Waals surface area contributed by atoms with Gasteiger partial charge >= 0.3 is 5.97 Å². The van der Waals surface area contributed by atoms with Crippen molar-refractivity contribution >= 4 is 17.0 Å². The fourth-order valence-electron chi connectivity index (χ4n) is 1.72. The van der Waals surface area contributed by atoms with E-state index in [0.717, 1.165) is 16.8 Å². The minimum atomic E-state index is -0.296. The molecule has 0 bridgehead atoms. The second-order valence-corrected chi connectivity index (χ2v) is 3.69. The summed E-state index contributed by atoms with van der Waals surface area (Å²) in [4.78, 5) is 15.6. The quantitative estimate of drug-likeness (QED) is 0.751. The highest BCUT2D eigenvalue weighted by molar-refractivity contribution is 5.79. The van der Waals surface area contributed by atoms with E-state index in [1.165, 1.54) is 7.11 Å². The number of fused-ring (bicyclic) bond motifs is 1. The van der Waals surface area contributed by atoms with Gasteiger partial charge in [-0.15, -0.1) is 0 Å². The van der Waals surface area contributed by atoms with Gasteiger partial charge in [-0.05, 0) is 12.1 Å². The first-order valence-corrected chi connectivity index (χ1v) is 5.22. The molecule has 1 aromatic heterocycles. The Labute approximate surface area is 99.0 Å². The molecular formula is C12H14N2O3. The van der Waals surface area contributed by atoms with Crippen molar-refractivity contribution in [3.63, 3.8) is 0 Å². The van der Waals surface area contributed by atoms with Gasteiger partial charge in [0.2, 0.25) is 0 Å². The number of aromatic nitrogens is 2. The average Bonchev–Trinajstić information content (AvgIpc) is 2.65. The number of methoxy groups -OCH3 is 2. The summed E-state index contributed by atoms with van der Waals surface area (Å²) in [6, 6.07) is 5.63. The van der Waals surface area contributed by atoms with Crippen molar-refractivity contribution in [3.05, 3.63) is 24.0 Å². The van der Waals surface area contributed by atoms with Crippen molar-refractivity contribution in [2.24, 2.45) is 7.05 Å². The highest BCUT2D eigenvalue weighted by Crippen LogP contribution is 2.21. The molecule has 2 rings (SSSR count). The van der Waals surface area contributed by atoms with Crippen LogP contribution in [0.25, 0.3) is 11.0 Å². The first-order valence-electron chi connectivity index (χ1n) is 5.22. The van der Waals surface area contributed by atoms with Gasteiger partial charge in [-0.25, -0.2) is 4.98 Å². The van der Waals surface area contributed by atoms with Crippen molar-refractivity contribution in [2.45, 2.75) is 6.42 Å². The molecule has 0 aliphatic carbocycles. The second-order valence-electron chi connectivity index (χ2n) is 3.69. The fraction of sp³-hybridized carbons (Fsp3) is 0.333. The van der Waals surface area contributed by atoms with Gasteiger partial charge in [-0.1, -0.05) is 0 Å². The van der Waals surface area contributed by atoms with Crippen LogP contribution in [0.3, 0.4) is 0 Å². The third-order valence-electron chi connectivity index (χ3n) is 2.71. The summed E-state index contributed by atoms with van der Waals surface area (Å²) in [5.41, 5.74) is 1.77. The van der Waals surface area contributed by atoms with Gasteiger partial charge in [0.05, 0.1) is 25.3 Å². The van der Waals surface area contributed by atoms with Crippen LogP contribution in [0, 0.1) is 0 Å². The van der Waals surface area contributed by atoms with E-state index in [4.69, 9.17) is 4.74 Å². The van der Waals surface area contributed by atoms with Gasteiger partial charge in [-0.2, -0.15) is 0 Å². The number of nitrogens with zero attached hydrogens (tertiary/aromatic N) is 2. The summed E-state index contributed by atoms with van der Waals surface area (Å²) < 4.78 is 11.6. The van der Waals surface area contributed by atoms with Crippen LogP contribution in [0.5, 0.6) is 5.75 Å². The summed E-state index contributed by atoms with van der Waals surface area (Å²) in [5.74, 6) is 1.13. The molecule has 0 unspecified atom stereocenters. The molecule has 90 valence electrons. The summed E-state index contributed by atoms with van der Waals surface area (Å²) in [7, 11) is 4.85. The van der Waals surface area contributed by atoms with E-state index in [-0.39, 0.29) is 12.4 Å². The number of hydrogen-bond donors (Lipinski definition) is 0. The molecule has 0 saturated carbocycles. The minimum Gasteiger partial charge on any atom is -0.497 e. The number of rotatable bonds is 3. The third kappa shape index (κ3) is 2.08. The number of ether oxygens (including phenoxy) is 2. The standard InChI is InChI=1S/C12H14N2O3/c1-14-10-5-4-8(16-2)6-9(10)13-11(14)7-12(15)17-3/h4-6H,7H2,1-3H3. The van der Waals surface area contributed by atoms with E-state index in [0.29, 0.717) is 5.82 Å². The van der Waals surface area contributed by atoms with Crippen molar-refractivity contribution in [1.82, 2.24) is 9.55 Å². The Kier molecular flexibility index (Phi) is 2.99. The zero-order valence-electron chi connectivity index (χ0n) is 10.1. The van der Waals surface area contributed by atoms with Gasteiger partial charge < -0.3 is 14.0 Å². The molecule has 1 heterocycles. The van der Waals surface area contributed by atoms with Gasteiger partial charge in [0.25, 0.3) is 0 Å². The van der Waals surface area contributed by atoms with Gasteiger partial charge in [-0.3, -0.25) is 4.79 Å². The Morgan fingerprint density at radius 1 is 1.41 bits per heavy atom. The van der Waals surface area contributed by atoms with E-state index < -0.39 is 0 Å². The topological polar surface area (TPSA) is 53.4 Å². The molecule has 0 fully saturated rings. The number of carbonyl (C=O) groups is 1. The molecule has 17 heavy (non-hydrogen) atoms. The predicted molar refractivity (Wildman–Crippen MR) is 63.0 cm³/mol. The number of carbonyl (C=O) groups excluding carboxylic acids is 1. The molecule has 5 heteroatoms. The lowest BCUT2D eigenvalue weighted by Crippen LogP contribution is -2.09. The zero-order chi connectivity index (χ0) is 12.4. The van der Waals surface area contributed by atoms with Crippen LogP contribution in [-0.4, -0.2) is 29.7 Å². The first kappa shape index (κ1) is 11.4. The van der Waals surface area contributed by atoms with Crippen LogP contribution in [0.1, 0.15) is 5.82 Å². The molecule has 0 N–H and O–H groups in total. The van der Waals surface area contributed by atoms with Gasteiger partial charge in [0.1, 0.15) is 18.0 Å². The maximum absolute atomic E-state index is 11.2.